The largest absolute Gasteiger partial charge is 0.495 e. The number of methoxy groups -OCH3 is 1. The Morgan fingerprint density at radius 3 is 2.67 bits per heavy atom. The van der Waals surface area contributed by atoms with Gasteiger partial charge < -0.3 is 10.5 Å². The van der Waals surface area contributed by atoms with Gasteiger partial charge in [-0.05, 0) is 12.1 Å². The third kappa shape index (κ3) is 2.60. The molecule has 3 N–H and O–H groups in total. The summed E-state index contributed by atoms with van der Waals surface area (Å²) in [6, 6.07) is 4.34. The second kappa shape index (κ2) is 4.50. The van der Waals surface area contributed by atoms with Crippen LogP contribution < -0.4 is 15.2 Å². The van der Waals surface area contributed by atoms with Crippen molar-refractivity contribution in [1.29, 1.82) is 0 Å². The van der Waals surface area contributed by atoms with Crippen molar-refractivity contribution in [3.8, 4) is 5.75 Å². The minimum absolute atomic E-state index is 0.149. The predicted molar refractivity (Wildman–Crippen MR) is 58.3 cm³/mol. The van der Waals surface area contributed by atoms with Crippen LogP contribution in [0.15, 0.2) is 23.1 Å². The van der Waals surface area contributed by atoms with Gasteiger partial charge in [-0.15, -0.1) is 0 Å². The maximum Gasteiger partial charge on any atom is 0.240 e. The van der Waals surface area contributed by atoms with Crippen molar-refractivity contribution in [2.75, 3.05) is 19.4 Å². The zero-order valence-corrected chi connectivity index (χ0v) is 9.47. The molecule has 0 unspecified atom stereocenters. The second-order valence-corrected chi connectivity index (χ2v) is 4.67. The Labute approximate surface area is 89.3 Å². The van der Waals surface area contributed by atoms with E-state index in [9.17, 15) is 8.42 Å². The number of sulfonamides is 1. The Morgan fingerprint density at radius 2 is 2.13 bits per heavy atom. The smallest absolute Gasteiger partial charge is 0.240 e. The van der Waals surface area contributed by atoms with E-state index in [0.717, 1.165) is 0 Å². The first kappa shape index (κ1) is 11.8. The third-order valence-corrected chi connectivity index (χ3v) is 3.39. The minimum Gasteiger partial charge on any atom is -0.495 e. The van der Waals surface area contributed by atoms with Gasteiger partial charge in [-0.1, -0.05) is 6.92 Å². The van der Waals surface area contributed by atoms with Gasteiger partial charge in [0.05, 0.1) is 17.7 Å². The average molecular weight is 230 g/mol. The quantitative estimate of drug-likeness (QED) is 0.741. The summed E-state index contributed by atoms with van der Waals surface area (Å²) in [5.41, 5.74) is 5.99. The lowest BCUT2D eigenvalue weighted by Gasteiger charge is -2.08. The van der Waals surface area contributed by atoms with Gasteiger partial charge >= 0.3 is 0 Å². The van der Waals surface area contributed by atoms with Crippen LogP contribution in [0.1, 0.15) is 6.92 Å². The molecule has 0 atom stereocenters. The van der Waals surface area contributed by atoms with Crippen molar-refractivity contribution in [2.24, 2.45) is 0 Å². The van der Waals surface area contributed by atoms with Gasteiger partial charge in [-0.25, -0.2) is 13.1 Å². The van der Waals surface area contributed by atoms with Crippen molar-refractivity contribution < 1.29 is 13.2 Å². The van der Waals surface area contributed by atoms with Crippen LogP contribution in [0.25, 0.3) is 0 Å². The highest BCUT2D eigenvalue weighted by atomic mass is 32.2. The molecule has 0 aliphatic carbocycles. The van der Waals surface area contributed by atoms with E-state index in [1.807, 2.05) is 0 Å². The van der Waals surface area contributed by atoms with E-state index < -0.39 is 10.0 Å². The highest BCUT2D eigenvalue weighted by Crippen LogP contribution is 2.24. The molecule has 0 saturated carbocycles. The number of hydrogen-bond donors (Lipinski definition) is 2. The number of ether oxygens (including phenoxy) is 1. The molecule has 1 rings (SSSR count). The van der Waals surface area contributed by atoms with Gasteiger partial charge in [0.25, 0.3) is 0 Å². The first-order valence-corrected chi connectivity index (χ1v) is 5.92. The fraction of sp³-hybridized carbons (Fsp3) is 0.333. The summed E-state index contributed by atoms with van der Waals surface area (Å²) in [6.45, 7) is 2.06. The number of benzene rings is 1. The third-order valence-electron chi connectivity index (χ3n) is 1.85. The molecule has 6 heteroatoms. The maximum absolute atomic E-state index is 11.6. The molecule has 15 heavy (non-hydrogen) atoms. The maximum atomic E-state index is 11.6. The molecule has 0 aromatic heterocycles. The Bertz CT molecular complexity index is 443. The number of nitrogen functional groups attached to an aromatic ring is 1. The lowest BCUT2D eigenvalue weighted by Crippen LogP contribution is -2.23. The molecule has 84 valence electrons. The van der Waals surface area contributed by atoms with Gasteiger partial charge in [0.1, 0.15) is 5.75 Å². The Hall–Kier alpha value is -1.27. The van der Waals surface area contributed by atoms with E-state index in [-0.39, 0.29) is 4.90 Å². The summed E-state index contributed by atoms with van der Waals surface area (Å²) >= 11 is 0. The SMILES string of the molecule is CCNS(=O)(=O)c1ccc(N)c(OC)c1. The fourth-order valence-corrected chi connectivity index (χ4v) is 2.19. The highest BCUT2D eigenvalue weighted by molar-refractivity contribution is 7.89. The first-order chi connectivity index (χ1) is 7.01. The molecular formula is C9H14N2O3S. The molecule has 0 saturated heterocycles. The molecule has 0 bridgehead atoms. The van der Waals surface area contributed by atoms with E-state index >= 15 is 0 Å². The number of nitrogens with one attached hydrogen (secondary N) is 1. The molecule has 1 aromatic carbocycles. The van der Waals surface area contributed by atoms with Crippen molar-refractivity contribution in [2.45, 2.75) is 11.8 Å². The minimum atomic E-state index is -3.45. The molecule has 0 aliphatic heterocycles. The van der Waals surface area contributed by atoms with Gasteiger partial charge in [0.15, 0.2) is 0 Å². The zero-order chi connectivity index (χ0) is 11.5. The average Bonchev–Trinajstić information content (AvgIpc) is 2.18. The van der Waals surface area contributed by atoms with Crippen LogP contribution in [0.2, 0.25) is 0 Å². The van der Waals surface area contributed by atoms with Crippen LogP contribution in [-0.2, 0) is 10.0 Å². The molecule has 5 nitrogen and oxygen atoms in total. The highest BCUT2D eigenvalue weighted by Gasteiger charge is 2.14. The molecule has 0 aliphatic rings. The first-order valence-electron chi connectivity index (χ1n) is 4.44. The van der Waals surface area contributed by atoms with Gasteiger partial charge in [-0.2, -0.15) is 0 Å². The fourth-order valence-electron chi connectivity index (χ4n) is 1.13. The molecule has 0 amide bonds. The molecule has 0 heterocycles. The van der Waals surface area contributed by atoms with Crippen molar-refractivity contribution in [1.82, 2.24) is 4.72 Å². The van der Waals surface area contributed by atoms with E-state index in [1.54, 1.807) is 6.92 Å². The monoisotopic (exact) mass is 230 g/mol. The zero-order valence-electron chi connectivity index (χ0n) is 8.65. The molecule has 0 fully saturated rings. The van der Waals surface area contributed by atoms with Crippen molar-refractivity contribution >= 4 is 15.7 Å². The lowest BCUT2D eigenvalue weighted by atomic mass is 10.3. The topological polar surface area (TPSA) is 81.4 Å². The number of rotatable bonds is 4. The van der Waals surface area contributed by atoms with E-state index in [0.29, 0.717) is 18.0 Å². The number of hydrogen-bond acceptors (Lipinski definition) is 4. The van der Waals surface area contributed by atoms with Crippen LogP contribution in [0, 0.1) is 0 Å². The van der Waals surface area contributed by atoms with Crippen molar-refractivity contribution in [3.05, 3.63) is 18.2 Å². The van der Waals surface area contributed by atoms with Gasteiger partial charge in [0.2, 0.25) is 10.0 Å². The summed E-state index contributed by atoms with van der Waals surface area (Å²) in [4.78, 5) is 0.149. The Balaban J connectivity index is 3.17. The van der Waals surface area contributed by atoms with E-state index in [2.05, 4.69) is 4.72 Å². The van der Waals surface area contributed by atoms with Gasteiger partial charge in [0, 0.05) is 12.6 Å². The Kier molecular flexibility index (Phi) is 3.54. The van der Waals surface area contributed by atoms with E-state index in [4.69, 9.17) is 10.5 Å². The Morgan fingerprint density at radius 1 is 1.47 bits per heavy atom. The van der Waals surface area contributed by atoms with Crippen LogP contribution in [0.5, 0.6) is 5.75 Å². The standard InChI is InChI=1S/C9H14N2O3S/c1-3-11-15(12,13)7-4-5-8(10)9(6-7)14-2/h4-6,11H,3,10H2,1-2H3. The van der Waals surface area contributed by atoms with E-state index in [1.165, 1.54) is 25.3 Å². The molecule has 1 aromatic rings. The van der Waals surface area contributed by atoms with Gasteiger partial charge in [-0.3, -0.25) is 0 Å². The lowest BCUT2D eigenvalue weighted by molar-refractivity contribution is 0.415. The summed E-state index contributed by atoms with van der Waals surface area (Å²) in [5.74, 6) is 0.356. The second-order valence-electron chi connectivity index (χ2n) is 2.91. The van der Waals surface area contributed by atoms with Crippen molar-refractivity contribution in [3.63, 3.8) is 0 Å². The summed E-state index contributed by atoms with van der Waals surface area (Å²) in [7, 11) is -2.01. The summed E-state index contributed by atoms with van der Waals surface area (Å²) < 4.78 is 30.5. The molecule has 0 spiro atoms. The number of nitrogens with two attached hydrogens (primary N) is 1. The molecule has 0 radical (unpaired) electrons. The van der Waals surface area contributed by atoms with Crippen LogP contribution in [-0.4, -0.2) is 22.1 Å². The van der Waals surface area contributed by atoms with Crippen LogP contribution >= 0.6 is 0 Å². The number of anilines is 1. The van der Waals surface area contributed by atoms with Crippen LogP contribution in [0.4, 0.5) is 5.69 Å². The summed E-state index contributed by atoms with van der Waals surface area (Å²) in [5, 5.41) is 0. The normalized spacial score (nSPS) is 11.3. The predicted octanol–water partition coefficient (Wildman–Crippen LogP) is 0.576. The molecular weight excluding hydrogens is 216 g/mol. The summed E-state index contributed by atoms with van der Waals surface area (Å²) in [6.07, 6.45) is 0. The van der Waals surface area contributed by atoms with Crippen LogP contribution in [0.3, 0.4) is 0 Å².